The van der Waals surface area contributed by atoms with Gasteiger partial charge in [0.15, 0.2) is 0 Å². The molecule has 54 valence electrons. The topological polar surface area (TPSA) is 64.1 Å². The van der Waals surface area contributed by atoms with Crippen LogP contribution in [0, 0.1) is 0 Å². The Morgan fingerprint density at radius 3 is 2.56 bits per heavy atom. The molecule has 0 amide bonds. The van der Waals surface area contributed by atoms with Gasteiger partial charge in [0.25, 0.3) is 0 Å². The minimum absolute atomic E-state index is 0.252. The monoisotopic (exact) mass is 129 g/mol. The fraction of sp³-hybridized carbons (Fsp3) is 1.00. The first-order chi connectivity index (χ1) is 4.27. The molecular formula is C6H15N3. The van der Waals surface area contributed by atoms with Gasteiger partial charge in [0.2, 0.25) is 0 Å². The molecule has 1 rings (SSSR count). The number of rotatable bonds is 1. The quantitative estimate of drug-likeness (QED) is 0.442. The van der Waals surface area contributed by atoms with Crippen molar-refractivity contribution in [1.29, 1.82) is 0 Å². The van der Waals surface area contributed by atoms with Gasteiger partial charge in [0.1, 0.15) is 0 Å². The molecule has 5 N–H and O–H groups in total. The zero-order valence-electron chi connectivity index (χ0n) is 5.69. The van der Waals surface area contributed by atoms with Crippen molar-refractivity contribution in [1.82, 2.24) is 5.32 Å². The summed E-state index contributed by atoms with van der Waals surface area (Å²) >= 11 is 0. The Bertz CT molecular complexity index is 86.3. The van der Waals surface area contributed by atoms with E-state index in [0.717, 1.165) is 13.0 Å². The van der Waals surface area contributed by atoms with Crippen LogP contribution in [0.25, 0.3) is 0 Å². The lowest BCUT2D eigenvalue weighted by Gasteiger charge is -2.33. The van der Waals surface area contributed by atoms with Crippen molar-refractivity contribution in [3.05, 3.63) is 0 Å². The molecule has 3 heteroatoms. The highest BCUT2D eigenvalue weighted by Gasteiger charge is 2.24. The Morgan fingerprint density at radius 2 is 2.22 bits per heavy atom. The van der Waals surface area contributed by atoms with Crippen LogP contribution in [0.15, 0.2) is 0 Å². The Hall–Kier alpha value is -0.120. The summed E-state index contributed by atoms with van der Waals surface area (Å²) < 4.78 is 0. The highest BCUT2D eigenvalue weighted by Crippen LogP contribution is 2.11. The highest BCUT2D eigenvalue weighted by atomic mass is 15.1. The van der Waals surface area contributed by atoms with E-state index in [0.29, 0.717) is 6.54 Å². The van der Waals surface area contributed by atoms with Crippen molar-refractivity contribution in [2.75, 3.05) is 13.1 Å². The van der Waals surface area contributed by atoms with Crippen molar-refractivity contribution in [2.45, 2.75) is 24.9 Å². The SMILES string of the molecule is NCC1(N)CCCCN1. The second-order valence-electron chi connectivity index (χ2n) is 2.74. The third-order valence-corrected chi connectivity index (χ3v) is 1.89. The molecule has 0 spiro atoms. The maximum Gasteiger partial charge on any atom is 0.0787 e. The molecule has 0 saturated carbocycles. The maximum atomic E-state index is 5.82. The molecule has 0 aliphatic carbocycles. The molecule has 0 bridgehead atoms. The molecule has 0 radical (unpaired) electrons. The van der Waals surface area contributed by atoms with Crippen molar-refractivity contribution in [2.24, 2.45) is 11.5 Å². The van der Waals surface area contributed by atoms with E-state index in [1.165, 1.54) is 12.8 Å². The van der Waals surface area contributed by atoms with Crippen molar-refractivity contribution in [3.63, 3.8) is 0 Å². The first-order valence-electron chi connectivity index (χ1n) is 3.51. The van der Waals surface area contributed by atoms with E-state index < -0.39 is 0 Å². The summed E-state index contributed by atoms with van der Waals surface area (Å²) in [5, 5.41) is 3.20. The molecule has 1 fully saturated rings. The summed E-state index contributed by atoms with van der Waals surface area (Å²) in [6.07, 6.45) is 3.46. The number of piperidine rings is 1. The summed E-state index contributed by atoms with van der Waals surface area (Å²) in [5.41, 5.74) is 11.0. The lowest BCUT2D eigenvalue weighted by Crippen LogP contribution is -2.60. The van der Waals surface area contributed by atoms with Crippen LogP contribution in [0.1, 0.15) is 19.3 Å². The van der Waals surface area contributed by atoms with Gasteiger partial charge >= 0.3 is 0 Å². The van der Waals surface area contributed by atoms with E-state index in [-0.39, 0.29) is 5.66 Å². The van der Waals surface area contributed by atoms with Crippen LogP contribution >= 0.6 is 0 Å². The molecule has 1 atom stereocenters. The fourth-order valence-electron chi connectivity index (χ4n) is 1.17. The van der Waals surface area contributed by atoms with E-state index in [4.69, 9.17) is 11.5 Å². The van der Waals surface area contributed by atoms with Crippen LogP contribution in [-0.4, -0.2) is 18.8 Å². The van der Waals surface area contributed by atoms with E-state index in [1.807, 2.05) is 0 Å². The van der Waals surface area contributed by atoms with Crippen molar-refractivity contribution in [3.8, 4) is 0 Å². The Balaban J connectivity index is 2.37. The standard InChI is InChI=1S/C6H15N3/c7-5-6(8)3-1-2-4-9-6/h9H,1-5,7-8H2. The predicted molar refractivity (Wildman–Crippen MR) is 37.8 cm³/mol. The second kappa shape index (κ2) is 2.64. The van der Waals surface area contributed by atoms with Crippen LogP contribution < -0.4 is 16.8 Å². The molecule has 0 aromatic carbocycles. The molecule has 0 aromatic rings. The zero-order chi connectivity index (χ0) is 6.74. The lowest BCUT2D eigenvalue weighted by atomic mass is 9.99. The molecule has 0 aromatic heterocycles. The largest absolute Gasteiger partial charge is 0.328 e. The smallest absolute Gasteiger partial charge is 0.0787 e. The Morgan fingerprint density at radius 1 is 1.44 bits per heavy atom. The van der Waals surface area contributed by atoms with E-state index >= 15 is 0 Å². The van der Waals surface area contributed by atoms with Crippen LogP contribution in [0.2, 0.25) is 0 Å². The van der Waals surface area contributed by atoms with Gasteiger partial charge < -0.3 is 11.5 Å². The number of hydrogen-bond acceptors (Lipinski definition) is 3. The first kappa shape index (κ1) is 6.99. The molecule has 9 heavy (non-hydrogen) atoms. The van der Waals surface area contributed by atoms with Gasteiger partial charge in [-0.05, 0) is 25.8 Å². The van der Waals surface area contributed by atoms with E-state index in [2.05, 4.69) is 5.32 Å². The minimum Gasteiger partial charge on any atom is -0.328 e. The van der Waals surface area contributed by atoms with Gasteiger partial charge in [0, 0.05) is 6.54 Å². The highest BCUT2D eigenvalue weighted by molar-refractivity contribution is 4.85. The third-order valence-electron chi connectivity index (χ3n) is 1.89. The summed E-state index contributed by atoms with van der Waals surface area (Å²) in [4.78, 5) is 0. The van der Waals surface area contributed by atoms with Gasteiger partial charge in [-0.25, -0.2) is 0 Å². The number of nitrogens with one attached hydrogen (secondary N) is 1. The zero-order valence-corrected chi connectivity index (χ0v) is 5.69. The minimum atomic E-state index is -0.252. The van der Waals surface area contributed by atoms with E-state index in [9.17, 15) is 0 Å². The molecule has 1 aliphatic rings. The third kappa shape index (κ3) is 1.64. The summed E-state index contributed by atoms with van der Waals surface area (Å²) in [6.45, 7) is 1.57. The normalized spacial score (nSPS) is 36.7. The fourth-order valence-corrected chi connectivity index (χ4v) is 1.17. The van der Waals surface area contributed by atoms with Gasteiger partial charge in [0.05, 0.1) is 5.66 Å². The molecule has 3 nitrogen and oxygen atoms in total. The molecule has 1 heterocycles. The first-order valence-corrected chi connectivity index (χ1v) is 3.51. The Kier molecular flexibility index (Phi) is 2.05. The molecule has 1 aliphatic heterocycles. The second-order valence-corrected chi connectivity index (χ2v) is 2.74. The van der Waals surface area contributed by atoms with Gasteiger partial charge in [-0.15, -0.1) is 0 Å². The van der Waals surface area contributed by atoms with Gasteiger partial charge in [-0.2, -0.15) is 0 Å². The van der Waals surface area contributed by atoms with Crippen molar-refractivity contribution >= 4 is 0 Å². The van der Waals surface area contributed by atoms with Crippen LogP contribution in [0.3, 0.4) is 0 Å². The number of nitrogens with two attached hydrogens (primary N) is 2. The summed E-state index contributed by atoms with van der Waals surface area (Å²) in [6, 6.07) is 0. The molecular weight excluding hydrogens is 114 g/mol. The van der Waals surface area contributed by atoms with Crippen molar-refractivity contribution < 1.29 is 0 Å². The van der Waals surface area contributed by atoms with Gasteiger partial charge in [-0.1, -0.05) is 0 Å². The Labute approximate surface area is 55.8 Å². The molecule has 1 saturated heterocycles. The maximum absolute atomic E-state index is 5.82. The lowest BCUT2D eigenvalue weighted by molar-refractivity contribution is 0.270. The van der Waals surface area contributed by atoms with E-state index in [1.54, 1.807) is 0 Å². The average molecular weight is 129 g/mol. The van der Waals surface area contributed by atoms with Gasteiger partial charge in [-0.3, -0.25) is 5.32 Å². The summed E-state index contributed by atoms with van der Waals surface area (Å²) in [7, 11) is 0. The number of hydrogen-bond donors (Lipinski definition) is 3. The van der Waals surface area contributed by atoms with Crippen LogP contribution in [-0.2, 0) is 0 Å². The molecule has 1 unspecified atom stereocenters. The average Bonchev–Trinajstić information content (AvgIpc) is 1.90. The van der Waals surface area contributed by atoms with Crippen LogP contribution in [0.5, 0.6) is 0 Å². The van der Waals surface area contributed by atoms with Crippen LogP contribution in [0.4, 0.5) is 0 Å². The summed E-state index contributed by atoms with van der Waals surface area (Å²) in [5.74, 6) is 0. The predicted octanol–water partition coefficient (Wildman–Crippen LogP) is -0.626.